The topological polar surface area (TPSA) is 31.2 Å². The maximum Gasteiger partial charge on any atom is 0.177 e. The standard InChI is InChI=1S/C12H12BrNO2/c1-7(15)12-11(13)9-6-8(16-3)4-5-10(9)14(12)2/h4-6H,1-3H3. The number of aryl methyl sites for hydroxylation is 1. The minimum Gasteiger partial charge on any atom is -0.497 e. The second-order valence-corrected chi connectivity index (χ2v) is 4.45. The lowest BCUT2D eigenvalue weighted by Gasteiger charge is -2.01. The monoisotopic (exact) mass is 281 g/mol. The number of benzene rings is 1. The van der Waals surface area contributed by atoms with Gasteiger partial charge in [-0.3, -0.25) is 4.79 Å². The molecule has 1 heterocycles. The van der Waals surface area contributed by atoms with E-state index in [0.29, 0.717) is 5.69 Å². The van der Waals surface area contributed by atoms with Crippen LogP contribution in [-0.4, -0.2) is 17.5 Å². The molecule has 2 aromatic rings. The number of carbonyl (C=O) groups is 1. The predicted molar refractivity (Wildman–Crippen MR) is 67.2 cm³/mol. The Hall–Kier alpha value is -1.29. The summed E-state index contributed by atoms with van der Waals surface area (Å²) in [5.41, 5.74) is 1.70. The van der Waals surface area contributed by atoms with Gasteiger partial charge in [-0.15, -0.1) is 0 Å². The number of fused-ring (bicyclic) bond motifs is 1. The van der Waals surface area contributed by atoms with Crippen molar-refractivity contribution in [1.82, 2.24) is 4.57 Å². The van der Waals surface area contributed by atoms with E-state index in [0.717, 1.165) is 21.1 Å². The fourth-order valence-electron chi connectivity index (χ4n) is 1.90. The summed E-state index contributed by atoms with van der Waals surface area (Å²) in [5.74, 6) is 0.832. The quantitative estimate of drug-likeness (QED) is 0.792. The highest BCUT2D eigenvalue weighted by Crippen LogP contribution is 2.32. The maximum atomic E-state index is 11.5. The molecule has 0 amide bonds. The van der Waals surface area contributed by atoms with Crippen LogP contribution in [0.1, 0.15) is 17.4 Å². The van der Waals surface area contributed by atoms with Crippen molar-refractivity contribution < 1.29 is 9.53 Å². The number of hydrogen-bond donors (Lipinski definition) is 0. The molecule has 1 aromatic carbocycles. The highest BCUT2D eigenvalue weighted by Gasteiger charge is 2.16. The number of nitrogens with zero attached hydrogens (tertiary/aromatic N) is 1. The second kappa shape index (κ2) is 3.94. The maximum absolute atomic E-state index is 11.5. The zero-order valence-corrected chi connectivity index (χ0v) is 11.0. The Labute approximate surface area is 102 Å². The summed E-state index contributed by atoms with van der Waals surface area (Å²) in [6.07, 6.45) is 0. The van der Waals surface area contributed by atoms with Gasteiger partial charge in [-0.2, -0.15) is 0 Å². The zero-order chi connectivity index (χ0) is 11.9. The minimum atomic E-state index is 0.0459. The van der Waals surface area contributed by atoms with Crippen molar-refractivity contribution in [3.8, 4) is 5.75 Å². The molecule has 0 aliphatic carbocycles. The smallest absolute Gasteiger partial charge is 0.177 e. The first-order valence-corrected chi connectivity index (χ1v) is 5.68. The SMILES string of the molecule is COc1ccc2c(c1)c(Br)c(C(C)=O)n2C. The van der Waals surface area contributed by atoms with Crippen LogP contribution in [0.4, 0.5) is 0 Å². The molecule has 0 aliphatic heterocycles. The summed E-state index contributed by atoms with van der Waals surface area (Å²) in [7, 11) is 3.51. The van der Waals surface area contributed by atoms with Crippen molar-refractivity contribution in [3.05, 3.63) is 28.4 Å². The molecule has 0 saturated carbocycles. The van der Waals surface area contributed by atoms with Gasteiger partial charge in [0.1, 0.15) is 5.75 Å². The molecule has 0 radical (unpaired) electrons. The molecule has 0 aliphatic rings. The number of ketones is 1. The molecule has 1 aromatic heterocycles. The lowest BCUT2D eigenvalue weighted by Crippen LogP contribution is -2.01. The average molecular weight is 282 g/mol. The van der Waals surface area contributed by atoms with Crippen LogP contribution >= 0.6 is 15.9 Å². The van der Waals surface area contributed by atoms with E-state index in [9.17, 15) is 4.79 Å². The molecule has 0 atom stereocenters. The lowest BCUT2D eigenvalue weighted by atomic mass is 10.2. The van der Waals surface area contributed by atoms with E-state index < -0.39 is 0 Å². The Morgan fingerprint density at radius 1 is 1.44 bits per heavy atom. The third-order valence-corrected chi connectivity index (χ3v) is 3.48. The van der Waals surface area contributed by atoms with Gasteiger partial charge in [0.25, 0.3) is 0 Å². The second-order valence-electron chi connectivity index (χ2n) is 3.66. The van der Waals surface area contributed by atoms with Crippen molar-refractivity contribution in [2.24, 2.45) is 7.05 Å². The third-order valence-electron chi connectivity index (χ3n) is 2.68. The van der Waals surface area contributed by atoms with Crippen molar-refractivity contribution in [2.45, 2.75) is 6.92 Å². The first-order chi connectivity index (χ1) is 7.56. The number of aromatic nitrogens is 1. The highest BCUT2D eigenvalue weighted by molar-refractivity contribution is 9.10. The van der Waals surface area contributed by atoms with E-state index in [1.165, 1.54) is 0 Å². The van der Waals surface area contributed by atoms with Crippen LogP contribution in [0.2, 0.25) is 0 Å². The molecular formula is C12H12BrNO2. The molecule has 2 rings (SSSR count). The van der Waals surface area contributed by atoms with Gasteiger partial charge in [0.2, 0.25) is 0 Å². The fourth-order valence-corrected chi connectivity index (χ4v) is 2.76. The Kier molecular flexibility index (Phi) is 2.76. The Morgan fingerprint density at radius 2 is 2.12 bits per heavy atom. The third kappa shape index (κ3) is 1.53. The van der Waals surface area contributed by atoms with Crippen molar-refractivity contribution in [1.29, 1.82) is 0 Å². The van der Waals surface area contributed by atoms with Gasteiger partial charge >= 0.3 is 0 Å². The Balaban J connectivity index is 2.83. The molecule has 0 unspecified atom stereocenters. The summed E-state index contributed by atoms with van der Waals surface area (Å²) in [6.45, 7) is 1.57. The van der Waals surface area contributed by atoms with Gasteiger partial charge in [-0.05, 0) is 34.1 Å². The van der Waals surface area contributed by atoms with Gasteiger partial charge < -0.3 is 9.30 Å². The summed E-state index contributed by atoms with van der Waals surface area (Å²) in [6, 6.07) is 5.76. The fraction of sp³-hybridized carbons (Fsp3) is 0.250. The van der Waals surface area contributed by atoms with Crippen LogP contribution in [0, 0.1) is 0 Å². The molecule has 0 fully saturated rings. The summed E-state index contributed by atoms with van der Waals surface area (Å²) < 4.78 is 7.89. The number of halogens is 1. The summed E-state index contributed by atoms with van der Waals surface area (Å²) in [5, 5.41) is 0.993. The van der Waals surface area contributed by atoms with E-state index in [4.69, 9.17) is 4.74 Å². The van der Waals surface area contributed by atoms with Gasteiger partial charge in [-0.25, -0.2) is 0 Å². The van der Waals surface area contributed by atoms with E-state index in [1.54, 1.807) is 14.0 Å². The molecule has 4 heteroatoms. The van der Waals surface area contributed by atoms with E-state index in [1.807, 2.05) is 29.8 Å². The van der Waals surface area contributed by atoms with Crippen LogP contribution in [0.25, 0.3) is 10.9 Å². The summed E-state index contributed by atoms with van der Waals surface area (Å²) in [4.78, 5) is 11.5. The molecule has 16 heavy (non-hydrogen) atoms. The molecule has 0 N–H and O–H groups in total. The largest absolute Gasteiger partial charge is 0.497 e. The van der Waals surface area contributed by atoms with Gasteiger partial charge in [0.05, 0.1) is 17.3 Å². The molecule has 84 valence electrons. The Morgan fingerprint density at radius 3 is 2.69 bits per heavy atom. The lowest BCUT2D eigenvalue weighted by molar-refractivity contribution is 0.101. The Bertz CT molecular complexity index is 572. The molecular weight excluding hydrogens is 270 g/mol. The number of hydrogen-bond acceptors (Lipinski definition) is 2. The molecule has 0 bridgehead atoms. The van der Waals surface area contributed by atoms with Crippen LogP contribution in [0.3, 0.4) is 0 Å². The van der Waals surface area contributed by atoms with Crippen LogP contribution in [-0.2, 0) is 7.05 Å². The number of Topliss-reactive ketones (excluding diaryl/α,β-unsaturated/α-hetero) is 1. The van der Waals surface area contributed by atoms with Crippen molar-refractivity contribution in [3.63, 3.8) is 0 Å². The zero-order valence-electron chi connectivity index (χ0n) is 9.37. The summed E-state index contributed by atoms with van der Waals surface area (Å²) >= 11 is 3.47. The minimum absolute atomic E-state index is 0.0459. The van der Waals surface area contributed by atoms with Gasteiger partial charge in [0.15, 0.2) is 5.78 Å². The van der Waals surface area contributed by atoms with Crippen LogP contribution in [0.15, 0.2) is 22.7 Å². The van der Waals surface area contributed by atoms with E-state index in [-0.39, 0.29) is 5.78 Å². The first-order valence-electron chi connectivity index (χ1n) is 4.89. The number of rotatable bonds is 2. The van der Waals surface area contributed by atoms with Crippen molar-refractivity contribution in [2.75, 3.05) is 7.11 Å². The first kappa shape index (κ1) is 11.2. The normalized spacial score (nSPS) is 10.8. The molecule has 3 nitrogen and oxygen atoms in total. The number of carbonyl (C=O) groups excluding carboxylic acids is 1. The predicted octanol–water partition coefficient (Wildman–Crippen LogP) is 3.15. The van der Waals surface area contributed by atoms with E-state index in [2.05, 4.69) is 15.9 Å². The number of methoxy groups -OCH3 is 1. The van der Waals surface area contributed by atoms with Crippen LogP contribution < -0.4 is 4.74 Å². The molecule has 0 saturated heterocycles. The van der Waals surface area contributed by atoms with Crippen molar-refractivity contribution >= 4 is 32.6 Å². The van der Waals surface area contributed by atoms with Crippen LogP contribution in [0.5, 0.6) is 5.75 Å². The van der Waals surface area contributed by atoms with Gasteiger partial charge in [-0.1, -0.05) is 0 Å². The van der Waals surface area contributed by atoms with E-state index >= 15 is 0 Å². The highest BCUT2D eigenvalue weighted by atomic mass is 79.9. The number of ether oxygens (including phenoxy) is 1. The molecule has 0 spiro atoms. The van der Waals surface area contributed by atoms with Gasteiger partial charge in [0, 0.05) is 24.9 Å². The average Bonchev–Trinajstić information content (AvgIpc) is 2.51.